The molecule has 0 heterocycles. The fourth-order valence-corrected chi connectivity index (χ4v) is 3.39. The quantitative estimate of drug-likeness (QED) is 0.279. The minimum absolute atomic E-state index is 0.0249. The van der Waals surface area contributed by atoms with Crippen LogP contribution in [-0.2, 0) is 22.1 Å². The third kappa shape index (κ3) is 7.64. The Hall–Kier alpha value is -2.25. The van der Waals surface area contributed by atoms with Gasteiger partial charge >= 0.3 is 12.1 Å². The van der Waals surface area contributed by atoms with E-state index in [2.05, 4.69) is 0 Å². The highest BCUT2D eigenvalue weighted by atomic mass is 35.5. The number of ether oxygens (including phenoxy) is 2. The lowest BCUT2D eigenvalue weighted by molar-refractivity contribution is -0.163. The van der Waals surface area contributed by atoms with Crippen molar-refractivity contribution in [3.8, 4) is 5.75 Å². The van der Waals surface area contributed by atoms with Crippen molar-refractivity contribution in [2.24, 2.45) is 0 Å². The lowest BCUT2D eigenvalue weighted by atomic mass is 10.0. The monoisotopic (exact) mass is 504 g/mol. The zero-order valence-electron chi connectivity index (χ0n) is 18.7. The van der Waals surface area contributed by atoms with Crippen LogP contribution in [0.4, 0.5) is 13.2 Å². The van der Waals surface area contributed by atoms with Gasteiger partial charge in [-0.1, -0.05) is 48.3 Å². The second-order valence-electron chi connectivity index (χ2n) is 8.40. The molecule has 1 unspecified atom stereocenters. The molecule has 2 aromatic carbocycles. The Balaban J connectivity index is 2.07. The van der Waals surface area contributed by atoms with Gasteiger partial charge in [0.05, 0.1) is 10.6 Å². The summed E-state index contributed by atoms with van der Waals surface area (Å²) in [6.45, 7) is 7.03. The number of alkyl halides is 3. The molecule has 9 heteroatoms. The Morgan fingerprint density at radius 3 is 2.09 bits per heavy atom. The maximum absolute atomic E-state index is 12.7. The topological polar surface area (TPSA) is 52.6 Å². The third-order valence-electron chi connectivity index (χ3n) is 4.59. The van der Waals surface area contributed by atoms with Crippen LogP contribution in [0.2, 0.25) is 10.0 Å². The summed E-state index contributed by atoms with van der Waals surface area (Å²) in [6.07, 6.45) is -4.73. The van der Waals surface area contributed by atoms with E-state index in [1.165, 1.54) is 0 Å². The number of esters is 1. The molecule has 0 spiro atoms. The van der Waals surface area contributed by atoms with E-state index in [1.807, 2.05) is 0 Å². The fourth-order valence-electron chi connectivity index (χ4n) is 2.91. The van der Waals surface area contributed by atoms with E-state index in [4.69, 9.17) is 32.7 Å². The first-order valence-corrected chi connectivity index (χ1v) is 11.1. The van der Waals surface area contributed by atoms with E-state index in [0.717, 1.165) is 24.3 Å². The lowest BCUT2D eigenvalue weighted by Gasteiger charge is -2.24. The molecule has 2 aromatic rings. The van der Waals surface area contributed by atoms with Gasteiger partial charge < -0.3 is 9.47 Å². The summed E-state index contributed by atoms with van der Waals surface area (Å²) in [5.74, 6) is -0.646. The number of hydrogen-bond acceptors (Lipinski definition) is 4. The second-order valence-corrected chi connectivity index (χ2v) is 9.15. The average molecular weight is 505 g/mol. The molecular weight excluding hydrogens is 480 g/mol. The van der Waals surface area contributed by atoms with Crippen LogP contribution < -0.4 is 4.74 Å². The highest BCUT2D eigenvalue weighted by Crippen LogP contribution is 2.36. The van der Waals surface area contributed by atoms with E-state index in [-0.39, 0.29) is 40.0 Å². The molecular formula is C24H25Cl2F3O4. The van der Waals surface area contributed by atoms with Crippen molar-refractivity contribution in [3.05, 3.63) is 63.1 Å². The first-order chi connectivity index (χ1) is 15.2. The van der Waals surface area contributed by atoms with Crippen molar-refractivity contribution in [2.45, 2.75) is 64.8 Å². The maximum Gasteiger partial charge on any atom is 0.416 e. The van der Waals surface area contributed by atoms with Gasteiger partial charge in [0.15, 0.2) is 11.9 Å². The molecule has 2 rings (SSSR count). The van der Waals surface area contributed by atoms with Gasteiger partial charge in [-0.25, -0.2) is 4.79 Å². The Kier molecular flexibility index (Phi) is 8.82. The van der Waals surface area contributed by atoms with Crippen molar-refractivity contribution in [2.75, 3.05) is 0 Å². The van der Waals surface area contributed by atoms with Crippen molar-refractivity contribution < 1.29 is 32.2 Å². The minimum atomic E-state index is -4.46. The Morgan fingerprint density at radius 2 is 1.58 bits per heavy atom. The molecule has 0 bridgehead atoms. The molecule has 33 heavy (non-hydrogen) atoms. The third-order valence-corrected chi connectivity index (χ3v) is 5.50. The molecule has 0 fully saturated rings. The van der Waals surface area contributed by atoms with Gasteiger partial charge in [-0.05, 0) is 57.4 Å². The van der Waals surface area contributed by atoms with E-state index < -0.39 is 29.4 Å². The van der Waals surface area contributed by atoms with Crippen molar-refractivity contribution in [1.29, 1.82) is 0 Å². The number of benzene rings is 2. The van der Waals surface area contributed by atoms with Crippen LogP contribution in [0.25, 0.3) is 0 Å². The van der Waals surface area contributed by atoms with Gasteiger partial charge in [0.1, 0.15) is 16.4 Å². The number of rotatable bonds is 8. The number of aryl methyl sites for hydroxylation is 1. The molecule has 0 aliphatic heterocycles. The standard InChI is InChI=1S/C24H25Cl2F3O4/c1-5-18(22(31)33-23(2,3)4)32-19-13-9-15(20(25)21(19)26)8-12-17(30)14-6-10-16(11-7-14)24(27,28)29/h6-7,9-11,13,18H,5,8,12H2,1-4H3. The van der Waals surface area contributed by atoms with Crippen molar-refractivity contribution >= 4 is 35.0 Å². The Morgan fingerprint density at radius 1 is 0.970 bits per heavy atom. The number of carbonyl (C=O) groups is 2. The predicted molar refractivity (Wildman–Crippen MR) is 121 cm³/mol. The van der Waals surface area contributed by atoms with Crippen LogP contribution in [0.5, 0.6) is 5.75 Å². The average Bonchev–Trinajstić information content (AvgIpc) is 2.72. The second kappa shape index (κ2) is 10.8. The maximum atomic E-state index is 12.7. The minimum Gasteiger partial charge on any atom is -0.477 e. The van der Waals surface area contributed by atoms with Gasteiger partial charge in [0, 0.05) is 12.0 Å². The van der Waals surface area contributed by atoms with Crippen molar-refractivity contribution in [1.82, 2.24) is 0 Å². The summed E-state index contributed by atoms with van der Waals surface area (Å²) < 4.78 is 49.1. The van der Waals surface area contributed by atoms with Gasteiger partial charge in [0.2, 0.25) is 0 Å². The van der Waals surface area contributed by atoms with E-state index in [9.17, 15) is 22.8 Å². The highest BCUT2D eigenvalue weighted by Gasteiger charge is 2.30. The van der Waals surface area contributed by atoms with E-state index in [0.29, 0.717) is 12.0 Å². The summed E-state index contributed by atoms with van der Waals surface area (Å²) >= 11 is 12.7. The molecule has 0 radical (unpaired) electrons. The smallest absolute Gasteiger partial charge is 0.416 e. The Bertz CT molecular complexity index is 996. The molecule has 0 amide bonds. The summed E-state index contributed by atoms with van der Waals surface area (Å²) in [6, 6.07) is 7.23. The predicted octanol–water partition coefficient (Wildman–Crippen LogP) is 7.33. The molecule has 1 atom stereocenters. The van der Waals surface area contributed by atoms with Gasteiger partial charge in [-0.3, -0.25) is 4.79 Å². The summed E-state index contributed by atoms with van der Waals surface area (Å²) in [5, 5.41) is 0.270. The Labute approximate surface area is 201 Å². The van der Waals surface area contributed by atoms with Crippen LogP contribution in [0.15, 0.2) is 36.4 Å². The zero-order valence-corrected chi connectivity index (χ0v) is 20.2. The number of ketones is 1. The van der Waals surface area contributed by atoms with E-state index in [1.54, 1.807) is 39.8 Å². The van der Waals surface area contributed by atoms with Gasteiger partial charge in [0.25, 0.3) is 0 Å². The van der Waals surface area contributed by atoms with Crippen LogP contribution in [-0.4, -0.2) is 23.5 Å². The summed E-state index contributed by atoms with van der Waals surface area (Å²) in [7, 11) is 0. The number of carbonyl (C=O) groups excluding carboxylic acids is 2. The molecule has 0 N–H and O–H groups in total. The molecule has 0 saturated carbocycles. The number of Topliss-reactive ketones (excluding diaryl/α,β-unsaturated/α-hetero) is 1. The number of halogens is 5. The van der Waals surface area contributed by atoms with Crippen LogP contribution in [0, 0.1) is 0 Å². The lowest BCUT2D eigenvalue weighted by Crippen LogP contribution is -2.35. The molecule has 180 valence electrons. The van der Waals surface area contributed by atoms with Crippen LogP contribution >= 0.6 is 23.2 Å². The first kappa shape index (κ1) is 27.0. The molecule has 0 saturated heterocycles. The molecule has 0 aliphatic rings. The largest absolute Gasteiger partial charge is 0.477 e. The zero-order chi connectivity index (χ0) is 25.0. The van der Waals surface area contributed by atoms with Crippen LogP contribution in [0.3, 0.4) is 0 Å². The normalized spacial score (nSPS) is 12.9. The summed E-state index contributed by atoms with van der Waals surface area (Å²) in [4.78, 5) is 24.7. The van der Waals surface area contributed by atoms with Crippen LogP contribution in [0.1, 0.15) is 62.0 Å². The first-order valence-electron chi connectivity index (χ1n) is 10.3. The number of hydrogen-bond donors (Lipinski definition) is 0. The summed E-state index contributed by atoms with van der Waals surface area (Å²) in [5.41, 5.74) is -0.743. The van der Waals surface area contributed by atoms with Gasteiger partial charge in [-0.15, -0.1) is 0 Å². The van der Waals surface area contributed by atoms with E-state index >= 15 is 0 Å². The molecule has 0 aromatic heterocycles. The molecule has 4 nitrogen and oxygen atoms in total. The van der Waals surface area contributed by atoms with Crippen molar-refractivity contribution in [3.63, 3.8) is 0 Å². The highest BCUT2D eigenvalue weighted by molar-refractivity contribution is 6.43. The fraction of sp³-hybridized carbons (Fsp3) is 0.417. The molecule has 0 aliphatic carbocycles. The van der Waals surface area contributed by atoms with Gasteiger partial charge in [-0.2, -0.15) is 13.2 Å². The SMILES string of the molecule is CCC(Oc1ccc(CCC(=O)c2ccc(C(F)(F)F)cc2)c(Cl)c1Cl)C(=O)OC(C)(C)C.